The van der Waals surface area contributed by atoms with Crippen molar-refractivity contribution >= 4 is 5.91 Å². The second-order valence-corrected chi connectivity index (χ2v) is 10.6. The maximum Gasteiger partial charge on any atom is 0.220 e. The van der Waals surface area contributed by atoms with Gasteiger partial charge in [0, 0.05) is 25.0 Å². The second kappa shape index (κ2) is 8.35. The van der Waals surface area contributed by atoms with Crippen LogP contribution < -0.4 is 5.32 Å². The Kier molecular flexibility index (Phi) is 5.81. The molecular weight excluding hydrogens is 408 g/mol. The highest BCUT2D eigenvalue weighted by molar-refractivity contribution is 5.75. The minimum absolute atomic E-state index is 0.0217. The number of amides is 1. The number of fused-ring (bicyclic) bond motifs is 2. The molecule has 1 saturated carbocycles. The Morgan fingerprint density at radius 2 is 2.03 bits per heavy atom. The summed E-state index contributed by atoms with van der Waals surface area (Å²) in [7, 11) is 0. The molecule has 8 atom stereocenters. The molecule has 1 amide bonds. The van der Waals surface area contributed by atoms with Crippen molar-refractivity contribution in [3.05, 3.63) is 29.6 Å². The molecule has 1 aromatic heterocycles. The number of nitrogens with one attached hydrogen (secondary N) is 1. The van der Waals surface area contributed by atoms with Gasteiger partial charge >= 0.3 is 0 Å². The average Bonchev–Trinajstić information content (AvgIpc) is 3.01. The van der Waals surface area contributed by atoms with Gasteiger partial charge < -0.3 is 14.8 Å². The maximum atomic E-state index is 12.5. The van der Waals surface area contributed by atoms with E-state index < -0.39 is 17.7 Å². The predicted octanol–water partition coefficient (Wildman–Crippen LogP) is 4.04. The summed E-state index contributed by atoms with van der Waals surface area (Å²) < 4.78 is 13.0. The molecule has 7 nitrogen and oxygen atoms in total. The van der Waals surface area contributed by atoms with Gasteiger partial charge in [0.25, 0.3) is 0 Å². The molecule has 1 aliphatic carbocycles. The summed E-state index contributed by atoms with van der Waals surface area (Å²) in [5.74, 6) is 0.742. The summed E-state index contributed by atoms with van der Waals surface area (Å²) in [5.41, 5.74) is 1.44. The van der Waals surface area contributed by atoms with E-state index >= 15 is 0 Å². The van der Waals surface area contributed by atoms with E-state index in [2.05, 4.69) is 24.1 Å². The van der Waals surface area contributed by atoms with Gasteiger partial charge in [-0.3, -0.25) is 9.78 Å². The average molecular weight is 445 g/mol. The quantitative estimate of drug-likeness (QED) is 0.691. The van der Waals surface area contributed by atoms with Crippen molar-refractivity contribution in [1.29, 1.82) is 0 Å². The Bertz CT molecular complexity index is 847. The lowest BCUT2D eigenvalue weighted by molar-refractivity contribution is -0.571. The van der Waals surface area contributed by atoms with Gasteiger partial charge in [0.05, 0.1) is 18.3 Å². The highest BCUT2D eigenvalue weighted by atomic mass is 17.3. The van der Waals surface area contributed by atoms with Crippen molar-refractivity contribution in [2.24, 2.45) is 23.7 Å². The largest absolute Gasteiger partial charge is 0.350 e. The summed E-state index contributed by atoms with van der Waals surface area (Å²) in [5, 5.41) is 2.99. The smallest absolute Gasteiger partial charge is 0.220 e. The van der Waals surface area contributed by atoms with Crippen molar-refractivity contribution in [3.8, 4) is 0 Å². The molecule has 176 valence electrons. The van der Waals surface area contributed by atoms with Crippen molar-refractivity contribution < 1.29 is 24.0 Å². The summed E-state index contributed by atoms with van der Waals surface area (Å²) in [6, 6.07) is 3.95. The van der Waals surface area contributed by atoms with Crippen LogP contribution in [0.3, 0.4) is 0 Å². The topological polar surface area (TPSA) is 78.9 Å². The lowest BCUT2D eigenvalue weighted by atomic mass is 9.57. The number of pyridine rings is 1. The number of aryl methyl sites for hydroxylation is 1. The summed E-state index contributed by atoms with van der Waals surface area (Å²) >= 11 is 0. The van der Waals surface area contributed by atoms with Crippen molar-refractivity contribution in [2.45, 2.75) is 96.5 Å². The molecule has 4 saturated heterocycles. The summed E-state index contributed by atoms with van der Waals surface area (Å²) in [6.07, 6.45) is 6.52. The van der Waals surface area contributed by atoms with E-state index in [9.17, 15) is 4.79 Å². The van der Waals surface area contributed by atoms with Crippen molar-refractivity contribution in [1.82, 2.24) is 10.3 Å². The van der Waals surface area contributed by atoms with Crippen LogP contribution in [0.4, 0.5) is 0 Å². The predicted molar refractivity (Wildman–Crippen MR) is 117 cm³/mol. The molecule has 7 heteroatoms. The van der Waals surface area contributed by atoms with Crippen LogP contribution in [0, 0.1) is 30.6 Å². The normalized spacial score (nSPS) is 42.8. The molecule has 0 unspecified atom stereocenters. The van der Waals surface area contributed by atoms with Gasteiger partial charge in [0.1, 0.15) is 0 Å². The zero-order valence-corrected chi connectivity index (χ0v) is 19.6. The van der Waals surface area contributed by atoms with E-state index in [1.54, 1.807) is 0 Å². The molecule has 5 heterocycles. The van der Waals surface area contributed by atoms with Gasteiger partial charge in [0.15, 0.2) is 11.9 Å². The van der Waals surface area contributed by atoms with Crippen LogP contribution in [0.15, 0.2) is 18.3 Å². The molecular formula is C25H36N2O5. The van der Waals surface area contributed by atoms with Crippen LogP contribution in [0.2, 0.25) is 0 Å². The van der Waals surface area contributed by atoms with Gasteiger partial charge in [-0.25, -0.2) is 9.78 Å². The number of nitrogens with zero attached hydrogens (tertiary/aromatic N) is 1. The minimum Gasteiger partial charge on any atom is -0.350 e. The number of rotatable bonds is 5. The molecule has 5 aliphatic rings. The van der Waals surface area contributed by atoms with Crippen LogP contribution in [0.1, 0.15) is 70.6 Å². The first kappa shape index (κ1) is 22.3. The minimum atomic E-state index is -0.763. The second-order valence-electron chi connectivity index (χ2n) is 10.6. The highest BCUT2D eigenvalue weighted by Crippen LogP contribution is 2.60. The molecule has 0 aromatic carbocycles. The van der Waals surface area contributed by atoms with Gasteiger partial charge in [0.2, 0.25) is 11.7 Å². The Labute approximate surface area is 190 Å². The van der Waals surface area contributed by atoms with Gasteiger partial charge in [-0.15, -0.1) is 0 Å². The van der Waals surface area contributed by atoms with Crippen LogP contribution >= 0.6 is 0 Å². The van der Waals surface area contributed by atoms with Crippen LogP contribution in [0.5, 0.6) is 0 Å². The third-order valence-corrected chi connectivity index (χ3v) is 8.39. The van der Waals surface area contributed by atoms with E-state index in [1.165, 1.54) is 6.42 Å². The third-order valence-electron chi connectivity index (χ3n) is 8.39. The molecule has 0 radical (unpaired) electrons. The Morgan fingerprint density at radius 3 is 2.81 bits per heavy atom. The summed E-state index contributed by atoms with van der Waals surface area (Å²) in [6.45, 7) is 8.95. The van der Waals surface area contributed by atoms with E-state index in [0.717, 1.165) is 30.5 Å². The fraction of sp³-hybridized carbons (Fsp3) is 0.760. The molecule has 2 bridgehead atoms. The Hall–Kier alpha value is -1.54. The summed E-state index contributed by atoms with van der Waals surface area (Å²) in [4.78, 5) is 29.0. The highest BCUT2D eigenvalue weighted by Gasteiger charge is 2.69. The molecule has 1 spiro atoms. The van der Waals surface area contributed by atoms with Crippen molar-refractivity contribution in [2.75, 3.05) is 0 Å². The lowest BCUT2D eigenvalue weighted by Crippen LogP contribution is -2.70. The number of carbonyl (C=O) groups is 1. The fourth-order valence-corrected chi connectivity index (χ4v) is 6.46. The Morgan fingerprint density at radius 1 is 1.19 bits per heavy atom. The number of ether oxygens (including phenoxy) is 2. The molecule has 4 aliphatic heterocycles. The van der Waals surface area contributed by atoms with E-state index in [1.807, 2.05) is 32.2 Å². The molecule has 1 aromatic rings. The lowest BCUT2D eigenvalue weighted by Gasteiger charge is -2.60. The standard InChI is InChI=1S/C25H36N2O5/c1-15-5-7-18(26-13-15)14-27-22(28)10-9-21-17(3)20-8-6-16(2)19-11-12-24(4)30-23(29-21)25(19,20)32-31-24/h5,7,13,16-17,19-21,23H,6,8-12,14H2,1-4H3,(H,27,28)/t16-,17-,19+,20+,21-,23-,24+,25-/m1/s1. The monoisotopic (exact) mass is 444 g/mol. The van der Waals surface area contributed by atoms with Crippen LogP contribution in [-0.4, -0.2) is 34.7 Å². The molecule has 5 fully saturated rings. The van der Waals surface area contributed by atoms with E-state index in [0.29, 0.717) is 37.1 Å². The van der Waals surface area contributed by atoms with Crippen LogP contribution in [0.25, 0.3) is 0 Å². The number of aromatic nitrogens is 1. The molecule has 32 heavy (non-hydrogen) atoms. The Balaban J connectivity index is 1.25. The van der Waals surface area contributed by atoms with Gasteiger partial charge in [-0.1, -0.05) is 19.9 Å². The molecule has 6 rings (SSSR count). The third kappa shape index (κ3) is 3.77. The molecule has 1 N–H and O–H groups in total. The van der Waals surface area contributed by atoms with E-state index in [4.69, 9.17) is 19.2 Å². The van der Waals surface area contributed by atoms with Gasteiger partial charge in [-0.05, 0) is 68.9 Å². The number of hydrogen-bond acceptors (Lipinski definition) is 6. The number of carbonyl (C=O) groups excluding carboxylic acids is 1. The zero-order valence-electron chi connectivity index (χ0n) is 19.6. The first-order valence-electron chi connectivity index (χ1n) is 12.2. The first-order valence-corrected chi connectivity index (χ1v) is 12.2. The van der Waals surface area contributed by atoms with Crippen LogP contribution in [-0.2, 0) is 30.6 Å². The van der Waals surface area contributed by atoms with Gasteiger partial charge in [-0.2, -0.15) is 0 Å². The number of hydrogen-bond donors (Lipinski definition) is 1. The van der Waals surface area contributed by atoms with Crippen molar-refractivity contribution in [3.63, 3.8) is 0 Å². The SMILES string of the molecule is Cc1ccc(CNC(=O)CC[C@H]2O[C@@H]3O[C@]4(C)CC[C@H]5[C@H](C)CC[C@@H]([C@H]2C)[C@@]35OO4)nc1. The van der Waals surface area contributed by atoms with E-state index in [-0.39, 0.29) is 17.9 Å². The maximum absolute atomic E-state index is 12.5. The zero-order chi connectivity index (χ0) is 22.5. The fourth-order valence-electron chi connectivity index (χ4n) is 6.46. The first-order chi connectivity index (χ1) is 15.3.